The first kappa shape index (κ1) is 7.63. The molecule has 0 amide bonds. The van der Waals surface area contributed by atoms with Gasteiger partial charge < -0.3 is 5.73 Å². The van der Waals surface area contributed by atoms with E-state index in [2.05, 4.69) is 0 Å². The third kappa shape index (κ3) is 2.07. The van der Waals surface area contributed by atoms with Gasteiger partial charge in [0.15, 0.2) is 0 Å². The monoisotopic (exact) mass is 117 g/mol. The number of allylic oxidation sites excluding steroid dienone is 1. The number of hydrogen-bond donors (Lipinski definition) is 1. The molecular weight excluding hydrogens is 105 g/mol. The summed E-state index contributed by atoms with van der Waals surface area (Å²) in [6, 6.07) is -0.444. The van der Waals surface area contributed by atoms with Crippen molar-refractivity contribution < 1.29 is 4.39 Å². The first-order valence-corrected chi connectivity index (χ1v) is 2.64. The molecule has 0 aromatic rings. The minimum Gasteiger partial charge on any atom is -0.322 e. The van der Waals surface area contributed by atoms with E-state index >= 15 is 0 Å². The fourth-order valence-electron chi connectivity index (χ4n) is 0.455. The van der Waals surface area contributed by atoms with Crippen LogP contribution in [0.5, 0.6) is 0 Å². The molecule has 0 aromatic carbocycles. The Labute approximate surface area is 49.4 Å². The van der Waals surface area contributed by atoms with Crippen molar-refractivity contribution >= 4 is 0 Å². The smallest absolute Gasteiger partial charge is 0.115 e. The lowest BCUT2D eigenvalue weighted by molar-refractivity contribution is 0.549. The Morgan fingerprint density at radius 3 is 1.88 bits per heavy atom. The zero-order chi connectivity index (χ0) is 6.73. The zero-order valence-electron chi connectivity index (χ0n) is 5.53. The second-order valence-corrected chi connectivity index (χ2v) is 2.14. The molecule has 1 unspecified atom stereocenters. The van der Waals surface area contributed by atoms with Crippen molar-refractivity contribution in [3.63, 3.8) is 0 Å². The van der Waals surface area contributed by atoms with Crippen LogP contribution >= 0.6 is 0 Å². The molecule has 1 atom stereocenters. The molecule has 0 aliphatic carbocycles. The quantitative estimate of drug-likeness (QED) is 0.554. The van der Waals surface area contributed by atoms with Gasteiger partial charge in [-0.15, -0.1) is 0 Å². The Kier molecular flexibility index (Phi) is 2.69. The van der Waals surface area contributed by atoms with E-state index in [1.165, 1.54) is 0 Å². The molecule has 1 nitrogen and oxygen atoms in total. The molecular formula is C6H12FN. The molecule has 0 fully saturated rings. The highest BCUT2D eigenvalue weighted by molar-refractivity contribution is 5.06. The third-order valence-corrected chi connectivity index (χ3v) is 0.877. The van der Waals surface area contributed by atoms with E-state index in [4.69, 9.17) is 5.73 Å². The van der Waals surface area contributed by atoms with Crippen LogP contribution in [0.1, 0.15) is 20.8 Å². The highest BCUT2D eigenvalue weighted by Crippen LogP contribution is 2.06. The van der Waals surface area contributed by atoms with Gasteiger partial charge in [-0.1, -0.05) is 0 Å². The van der Waals surface area contributed by atoms with Gasteiger partial charge in [0.1, 0.15) is 5.83 Å². The lowest BCUT2D eigenvalue weighted by Gasteiger charge is -2.01. The Bertz CT molecular complexity index is 101. The van der Waals surface area contributed by atoms with E-state index < -0.39 is 6.04 Å². The Morgan fingerprint density at radius 2 is 1.88 bits per heavy atom. The van der Waals surface area contributed by atoms with Crippen LogP contribution in [0.4, 0.5) is 4.39 Å². The SMILES string of the molecule is CC(C)=C(F)C(C)N. The van der Waals surface area contributed by atoms with E-state index in [0.29, 0.717) is 5.57 Å². The fourth-order valence-corrected chi connectivity index (χ4v) is 0.455. The fraction of sp³-hybridized carbons (Fsp3) is 0.667. The average Bonchev–Trinajstić information content (AvgIpc) is 1.64. The van der Waals surface area contributed by atoms with Gasteiger partial charge in [0, 0.05) is 0 Å². The third-order valence-electron chi connectivity index (χ3n) is 0.877. The number of hydrogen-bond acceptors (Lipinski definition) is 1. The van der Waals surface area contributed by atoms with Gasteiger partial charge in [-0.2, -0.15) is 0 Å². The molecule has 2 heteroatoms. The Balaban J connectivity index is 4.00. The predicted octanol–water partition coefficient (Wildman–Crippen LogP) is 1.60. The van der Waals surface area contributed by atoms with Crippen LogP contribution in [0.3, 0.4) is 0 Å². The highest BCUT2D eigenvalue weighted by Gasteiger charge is 2.01. The van der Waals surface area contributed by atoms with E-state index in [1.54, 1.807) is 20.8 Å². The van der Waals surface area contributed by atoms with Crippen molar-refractivity contribution in [3.8, 4) is 0 Å². The molecule has 0 saturated heterocycles. The largest absolute Gasteiger partial charge is 0.322 e. The van der Waals surface area contributed by atoms with Crippen LogP contribution in [0.2, 0.25) is 0 Å². The summed E-state index contributed by atoms with van der Waals surface area (Å²) in [4.78, 5) is 0. The summed E-state index contributed by atoms with van der Waals surface area (Å²) in [6.45, 7) is 5.04. The van der Waals surface area contributed by atoms with Gasteiger partial charge in [-0.05, 0) is 26.3 Å². The lowest BCUT2D eigenvalue weighted by atomic mass is 10.2. The van der Waals surface area contributed by atoms with Gasteiger partial charge in [0.25, 0.3) is 0 Å². The van der Waals surface area contributed by atoms with Crippen LogP contribution in [-0.4, -0.2) is 6.04 Å². The highest BCUT2D eigenvalue weighted by atomic mass is 19.1. The maximum absolute atomic E-state index is 12.4. The maximum Gasteiger partial charge on any atom is 0.115 e. The summed E-state index contributed by atoms with van der Waals surface area (Å²) < 4.78 is 12.4. The molecule has 0 spiro atoms. The summed E-state index contributed by atoms with van der Waals surface area (Å²) in [5, 5.41) is 0. The van der Waals surface area contributed by atoms with Crippen molar-refractivity contribution in [3.05, 3.63) is 11.4 Å². The van der Waals surface area contributed by atoms with Crippen LogP contribution in [0, 0.1) is 0 Å². The number of nitrogens with two attached hydrogens (primary N) is 1. The average molecular weight is 117 g/mol. The van der Waals surface area contributed by atoms with Crippen molar-refractivity contribution in [1.29, 1.82) is 0 Å². The van der Waals surface area contributed by atoms with Crippen molar-refractivity contribution in [2.75, 3.05) is 0 Å². The molecule has 0 radical (unpaired) electrons. The van der Waals surface area contributed by atoms with Gasteiger partial charge >= 0.3 is 0 Å². The second kappa shape index (κ2) is 2.82. The molecule has 8 heavy (non-hydrogen) atoms. The predicted molar refractivity (Wildman–Crippen MR) is 33.1 cm³/mol. The molecule has 0 rings (SSSR count). The van der Waals surface area contributed by atoms with E-state index in [1.807, 2.05) is 0 Å². The maximum atomic E-state index is 12.4. The molecule has 48 valence electrons. The van der Waals surface area contributed by atoms with Crippen molar-refractivity contribution in [2.24, 2.45) is 5.73 Å². The minimum absolute atomic E-state index is 0.204. The van der Waals surface area contributed by atoms with E-state index in [0.717, 1.165) is 0 Å². The summed E-state index contributed by atoms with van der Waals surface area (Å²) in [5.74, 6) is -0.204. The summed E-state index contributed by atoms with van der Waals surface area (Å²) in [5.41, 5.74) is 5.87. The standard InChI is InChI=1S/C6H12FN/c1-4(2)6(7)5(3)8/h5H,8H2,1-3H3. The molecule has 0 aliphatic rings. The zero-order valence-corrected chi connectivity index (χ0v) is 5.53. The summed E-state index contributed by atoms with van der Waals surface area (Å²) >= 11 is 0. The van der Waals surface area contributed by atoms with Gasteiger partial charge in [-0.25, -0.2) is 4.39 Å². The summed E-state index contributed by atoms with van der Waals surface area (Å²) in [7, 11) is 0. The molecule has 0 bridgehead atoms. The molecule has 2 N–H and O–H groups in total. The van der Waals surface area contributed by atoms with Gasteiger partial charge in [0.2, 0.25) is 0 Å². The normalized spacial score (nSPS) is 13.1. The van der Waals surface area contributed by atoms with Crippen LogP contribution < -0.4 is 5.73 Å². The molecule has 0 aromatic heterocycles. The Hall–Kier alpha value is -0.370. The van der Waals surface area contributed by atoms with E-state index in [-0.39, 0.29) is 5.83 Å². The van der Waals surface area contributed by atoms with Crippen LogP contribution in [-0.2, 0) is 0 Å². The van der Waals surface area contributed by atoms with Crippen LogP contribution in [0.15, 0.2) is 11.4 Å². The van der Waals surface area contributed by atoms with Crippen molar-refractivity contribution in [2.45, 2.75) is 26.8 Å². The van der Waals surface area contributed by atoms with Crippen molar-refractivity contribution in [1.82, 2.24) is 0 Å². The summed E-state index contributed by atoms with van der Waals surface area (Å²) in [6.07, 6.45) is 0. The topological polar surface area (TPSA) is 26.0 Å². The first-order valence-electron chi connectivity index (χ1n) is 2.64. The van der Waals surface area contributed by atoms with Gasteiger partial charge in [-0.3, -0.25) is 0 Å². The molecule has 0 heterocycles. The van der Waals surface area contributed by atoms with E-state index in [9.17, 15) is 4.39 Å². The second-order valence-electron chi connectivity index (χ2n) is 2.14. The molecule has 0 aliphatic heterocycles. The minimum atomic E-state index is -0.444. The Morgan fingerprint density at radius 1 is 1.50 bits per heavy atom. The lowest BCUT2D eigenvalue weighted by Crippen LogP contribution is -2.15. The first-order chi connectivity index (χ1) is 3.55. The van der Waals surface area contributed by atoms with Crippen LogP contribution in [0.25, 0.3) is 0 Å². The van der Waals surface area contributed by atoms with Gasteiger partial charge in [0.05, 0.1) is 6.04 Å². The molecule has 0 saturated carbocycles. The number of halogens is 1. The number of rotatable bonds is 1.